The molecule has 0 aliphatic rings. The fourth-order valence-corrected chi connectivity index (χ4v) is 1.07. The first-order valence-electron chi connectivity index (χ1n) is 4.97. The van der Waals surface area contributed by atoms with Crippen LogP contribution < -0.4 is 0 Å². The van der Waals surface area contributed by atoms with Gasteiger partial charge < -0.3 is 4.90 Å². The molecule has 0 unspecified atom stereocenters. The molecule has 0 aromatic carbocycles. The van der Waals surface area contributed by atoms with Crippen LogP contribution in [0.5, 0.6) is 0 Å². The Kier molecular flexibility index (Phi) is 8.42. The molecule has 0 saturated heterocycles. The number of hydrogen-bond donors (Lipinski definition) is 0. The van der Waals surface area contributed by atoms with Gasteiger partial charge in [0.2, 0.25) is 0 Å². The molecule has 13 heavy (non-hydrogen) atoms. The summed E-state index contributed by atoms with van der Waals surface area (Å²) in [5.41, 5.74) is 0. The Bertz CT molecular complexity index is 149. The maximum Gasteiger partial charge on any atom is 0.0354 e. The maximum atomic E-state index is 3.72. The predicted molar refractivity (Wildman–Crippen MR) is 60.6 cm³/mol. The molecule has 0 aromatic rings. The third-order valence-corrected chi connectivity index (χ3v) is 1.77. The van der Waals surface area contributed by atoms with Crippen molar-refractivity contribution in [1.82, 2.24) is 4.90 Å². The Labute approximate surface area is 82.4 Å². The van der Waals surface area contributed by atoms with E-state index in [0.717, 1.165) is 13.1 Å². The summed E-state index contributed by atoms with van der Waals surface area (Å²) in [5, 5.41) is 0. The standard InChI is InChI=1S/C12H21N/c1-4-7-8-9-12-13(10-5-2)11-6-3/h5-6,9,12H,2-4,7-8,10-11H2,1H3. The summed E-state index contributed by atoms with van der Waals surface area (Å²) >= 11 is 0. The average Bonchev–Trinajstić information content (AvgIpc) is 2.13. The maximum absolute atomic E-state index is 3.72. The van der Waals surface area contributed by atoms with Crippen molar-refractivity contribution in [3.05, 3.63) is 37.6 Å². The quantitative estimate of drug-likeness (QED) is 0.408. The number of unbranched alkanes of at least 4 members (excludes halogenated alkanes) is 2. The van der Waals surface area contributed by atoms with Gasteiger partial charge in [0.25, 0.3) is 0 Å². The van der Waals surface area contributed by atoms with Gasteiger partial charge in [-0.05, 0) is 12.6 Å². The third kappa shape index (κ3) is 7.38. The van der Waals surface area contributed by atoms with E-state index >= 15 is 0 Å². The molecule has 74 valence electrons. The van der Waals surface area contributed by atoms with E-state index in [1.54, 1.807) is 0 Å². The first-order chi connectivity index (χ1) is 6.35. The van der Waals surface area contributed by atoms with Crippen LogP contribution in [0.4, 0.5) is 0 Å². The summed E-state index contributed by atoms with van der Waals surface area (Å²) in [6.45, 7) is 11.4. The second-order valence-electron chi connectivity index (χ2n) is 3.06. The van der Waals surface area contributed by atoms with Crippen molar-refractivity contribution in [3.8, 4) is 0 Å². The molecule has 0 radical (unpaired) electrons. The second kappa shape index (κ2) is 9.11. The minimum absolute atomic E-state index is 0.897. The minimum Gasteiger partial charge on any atom is -0.370 e. The van der Waals surface area contributed by atoms with E-state index in [0.29, 0.717) is 0 Å². The molecule has 0 spiro atoms. The van der Waals surface area contributed by atoms with Gasteiger partial charge in [-0.3, -0.25) is 0 Å². The van der Waals surface area contributed by atoms with Gasteiger partial charge >= 0.3 is 0 Å². The molecule has 0 aromatic heterocycles. The van der Waals surface area contributed by atoms with Crippen LogP contribution in [-0.4, -0.2) is 18.0 Å². The highest BCUT2D eigenvalue weighted by Gasteiger charge is 1.90. The first-order valence-corrected chi connectivity index (χ1v) is 4.97. The first kappa shape index (κ1) is 12.0. The highest BCUT2D eigenvalue weighted by molar-refractivity contribution is 4.89. The van der Waals surface area contributed by atoms with Crippen molar-refractivity contribution in [1.29, 1.82) is 0 Å². The lowest BCUT2D eigenvalue weighted by molar-refractivity contribution is 0.460. The van der Waals surface area contributed by atoms with Crippen molar-refractivity contribution < 1.29 is 0 Å². The van der Waals surface area contributed by atoms with E-state index in [9.17, 15) is 0 Å². The summed E-state index contributed by atoms with van der Waals surface area (Å²) in [4.78, 5) is 2.19. The molecule has 0 N–H and O–H groups in total. The molecule has 0 aliphatic carbocycles. The molecular formula is C12H21N. The lowest BCUT2D eigenvalue weighted by Crippen LogP contribution is -2.16. The summed E-state index contributed by atoms with van der Waals surface area (Å²) in [7, 11) is 0. The molecule has 0 heterocycles. The molecule has 1 nitrogen and oxygen atoms in total. The Morgan fingerprint density at radius 2 is 1.77 bits per heavy atom. The van der Waals surface area contributed by atoms with Crippen LogP contribution in [0, 0.1) is 0 Å². The van der Waals surface area contributed by atoms with Gasteiger partial charge in [-0.2, -0.15) is 0 Å². The van der Waals surface area contributed by atoms with Crippen LogP contribution >= 0.6 is 0 Å². The molecule has 0 aliphatic heterocycles. The second-order valence-corrected chi connectivity index (χ2v) is 3.06. The zero-order valence-corrected chi connectivity index (χ0v) is 8.71. The Hall–Kier alpha value is -0.980. The highest BCUT2D eigenvalue weighted by Crippen LogP contribution is 1.97. The number of allylic oxidation sites excluding steroid dienone is 1. The van der Waals surface area contributed by atoms with E-state index in [-0.39, 0.29) is 0 Å². The van der Waals surface area contributed by atoms with Crippen molar-refractivity contribution in [3.63, 3.8) is 0 Å². The molecule has 1 heteroatoms. The molecule has 0 fully saturated rings. The summed E-state index contributed by atoms with van der Waals surface area (Å²) in [5.74, 6) is 0. The van der Waals surface area contributed by atoms with E-state index in [4.69, 9.17) is 0 Å². The highest BCUT2D eigenvalue weighted by atomic mass is 15.1. The van der Waals surface area contributed by atoms with E-state index in [1.165, 1.54) is 19.3 Å². The van der Waals surface area contributed by atoms with Crippen molar-refractivity contribution in [2.75, 3.05) is 13.1 Å². The number of rotatable bonds is 8. The molecule has 0 amide bonds. The topological polar surface area (TPSA) is 3.24 Å². The SMILES string of the molecule is C=CCN(C=CCCCC)CC=C. The van der Waals surface area contributed by atoms with Crippen LogP contribution in [0.25, 0.3) is 0 Å². The van der Waals surface area contributed by atoms with Gasteiger partial charge in [0.05, 0.1) is 0 Å². The van der Waals surface area contributed by atoms with Gasteiger partial charge in [0.15, 0.2) is 0 Å². The molecular weight excluding hydrogens is 158 g/mol. The predicted octanol–water partition coefficient (Wildman–Crippen LogP) is 3.36. The summed E-state index contributed by atoms with van der Waals surface area (Å²) < 4.78 is 0. The zero-order valence-electron chi connectivity index (χ0n) is 8.71. The van der Waals surface area contributed by atoms with Gasteiger partial charge in [-0.1, -0.05) is 38.0 Å². The molecule has 0 saturated carbocycles. The summed E-state index contributed by atoms with van der Waals surface area (Å²) in [6, 6.07) is 0. The van der Waals surface area contributed by atoms with Crippen LogP contribution in [0.15, 0.2) is 37.6 Å². The van der Waals surface area contributed by atoms with Crippen molar-refractivity contribution in [2.24, 2.45) is 0 Å². The molecule has 0 atom stereocenters. The van der Waals surface area contributed by atoms with E-state index < -0.39 is 0 Å². The lowest BCUT2D eigenvalue weighted by atomic mass is 10.2. The minimum atomic E-state index is 0.897. The molecule has 0 bridgehead atoms. The van der Waals surface area contributed by atoms with Gasteiger partial charge in [-0.15, -0.1) is 13.2 Å². The fourth-order valence-electron chi connectivity index (χ4n) is 1.07. The largest absolute Gasteiger partial charge is 0.370 e. The van der Waals surface area contributed by atoms with Crippen LogP contribution in [0.1, 0.15) is 26.2 Å². The van der Waals surface area contributed by atoms with Gasteiger partial charge in [0.1, 0.15) is 0 Å². The fraction of sp³-hybridized carbons (Fsp3) is 0.500. The van der Waals surface area contributed by atoms with Crippen LogP contribution in [-0.2, 0) is 0 Å². The number of hydrogen-bond acceptors (Lipinski definition) is 1. The van der Waals surface area contributed by atoms with Crippen LogP contribution in [0.2, 0.25) is 0 Å². The van der Waals surface area contributed by atoms with Gasteiger partial charge in [-0.25, -0.2) is 0 Å². The zero-order chi connectivity index (χ0) is 9.94. The Morgan fingerprint density at radius 3 is 2.23 bits per heavy atom. The Balaban J connectivity index is 3.70. The smallest absolute Gasteiger partial charge is 0.0354 e. The molecule has 0 rings (SSSR count). The monoisotopic (exact) mass is 179 g/mol. The number of nitrogens with zero attached hydrogens (tertiary/aromatic N) is 1. The van der Waals surface area contributed by atoms with E-state index in [1.807, 2.05) is 12.2 Å². The van der Waals surface area contributed by atoms with Crippen LogP contribution in [0.3, 0.4) is 0 Å². The van der Waals surface area contributed by atoms with Crippen molar-refractivity contribution in [2.45, 2.75) is 26.2 Å². The third-order valence-electron chi connectivity index (χ3n) is 1.77. The lowest BCUT2D eigenvalue weighted by Gasteiger charge is -2.15. The average molecular weight is 179 g/mol. The summed E-state index contributed by atoms with van der Waals surface area (Å²) in [6.07, 6.45) is 11.9. The van der Waals surface area contributed by atoms with E-state index in [2.05, 4.69) is 37.3 Å². The van der Waals surface area contributed by atoms with Gasteiger partial charge in [0, 0.05) is 13.1 Å². The van der Waals surface area contributed by atoms with Crippen molar-refractivity contribution >= 4 is 0 Å². The normalized spacial score (nSPS) is 10.2. The Morgan fingerprint density at radius 1 is 1.15 bits per heavy atom.